The van der Waals surface area contributed by atoms with Crippen LogP contribution in [0.5, 0.6) is 11.5 Å². The fraction of sp³-hybridized carbons (Fsp3) is 0.200. The van der Waals surface area contributed by atoms with Crippen LogP contribution in [0.2, 0.25) is 0 Å². The second-order valence-corrected chi connectivity index (χ2v) is 2.71. The van der Waals surface area contributed by atoms with E-state index >= 15 is 0 Å². The van der Waals surface area contributed by atoms with E-state index in [2.05, 4.69) is 0 Å². The maximum Gasteiger partial charge on any atom is 0.161 e. The van der Waals surface area contributed by atoms with E-state index in [0.717, 1.165) is 22.3 Å². The lowest BCUT2D eigenvalue weighted by molar-refractivity contribution is 0.356. The van der Waals surface area contributed by atoms with Gasteiger partial charge in [0.1, 0.15) is 0 Å². The first kappa shape index (κ1) is 7.98. The van der Waals surface area contributed by atoms with E-state index in [0.29, 0.717) is 0 Å². The molecule has 0 radical (unpaired) electrons. The number of benzene rings is 1. The van der Waals surface area contributed by atoms with Gasteiger partial charge in [-0.25, -0.2) is 0 Å². The van der Waals surface area contributed by atoms with Crippen LogP contribution in [0.15, 0.2) is 29.1 Å². The molecule has 0 aliphatic heterocycles. The van der Waals surface area contributed by atoms with Crippen molar-refractivity contribution in [3.63, 3.8) is 0 Å². The number of furan rings is 1. The summed E-state index contributed by atoms with van der Waals surface area (Å²) in [5.41, 5.74) is 0. The van der Waals surface area contributed by atoms with Gasteiger partial charge in [-0.2, -0.15) is 0 Å². The average molecular weight is 178 g/mol. The predicted octanol–water partition coefficient (Wildman–Crippen LogP) is 2.45. The Bertz CT molecular complexity index is 379. The fourth-order valence-electron chi connectivity index (χ4n) is 1.30. The Morgan fingerprint density at radius 3 is 1.77 bits per heavy atom. The third-order valence-electron chi connectivity index (χ3n) is 1.98. The topological polar surface area (TPSA) is 31.6 Å². The lowest BCUT2D eigenvalue weighted by Gasteiger charge is -2.06. The zero-order chi connectivity index (χ0) is 9.26. The highest BCUT2D eigenvalue weighted by molar-refractivity contribution is 5.84. The summed E-state index contributed by atoms with van der Waals surface area (Å²) in [5.74, 6) is 1.44. The zero-order valence-corrected chi connectivity index (χ0v) is 7.53. The lowest BCUT2D eigenvalue weighted by atomic mass is 10.2. The number of ether oxygens (including phenoxy) is 2. The number of rotatable bonds is 2. The van der Waals surface area contributed by atoms with Gasteiger partial charge in [-0.15, -0.1) is 0 Å². The van der Waals surface area contributed by atoms with Crippen LogP contribution in [-0.2, 0) is 0 Å². The van der Waals surface area contributed by atoms with Crippen molar-refractivity contribution in [2.24, 2.45) is 0 Å². The van der Waals surface area contributed by atoms with Crippen molar-refractivity contribution in [2.75, 3.05) is 14.2 Å². The highest BCUT2D eigenvalue weighted by Crippen LogP contribution is 2.32. The molecule has 0 amide bonds. The number of methoxy groups -OCH3 is 2. The van der Waals surface area contributed by atoms with Gasteiger partial charge in [-0.05, 0) is 12.1 Å². The van der Waals surface area contributed by atoms with Gasteiger partial charge in [0.2, 0.25) is 0 Å². The molecule has 0 saturated carbocycles. The minimum absolute atomic E-state index is 0.719. The Balaban J connectivity index is 2.67. The van der Waals surface area contributed by atoms with Crippen molar-refractivity contribution in [3.05, 3.63) is 24.7 Å². The molecular formula is C10H10O3. The molecule has 2 aromatic rings. The minimum atomic E-state index is 0.719. The summed E-state index contributed by atoms with van der Waals surface area (Å²) >= 11 is 0. The number of fused-ring (bicyclic) bond motifs is 1. The van der Waals surface area contributed by atoms with E-state index in [-0.39, 0.29) is 0 Å². The second-order valence-electron chi connectivity index (χ2n) is 2.71. The van der Waals surface area contributed by atoms with Crippen molar-refractivity contribution in [2.45, 2.75) is 0 Å². The Morgan fingerprint density at radius 2 is 1.38 bits per heavy atom. The molecule has 0 saturated heterocycles. The summed E-state index contributed by atoms with van der Waals surface area (Å²) in [6, 6.07) is 3.77. The van der Waals surface area contributed by atoms with Crippen LogP contribution in [0.3, 0.4) is 0 Å². The molecule has 0 aliphatic carbocycles. The lowest BCUT2D eigenvalue weighted by Crippen LogP contribution is -1.89. The van der Waals surface area contributed by atoms with Crippen LogP contribution in [-0.4, -0.2) is 14.2 Å². The van der Waals surface area contributed by atoms with E-state index in [1.807, 2.05) is 12.1 Å². The number of hydrogen-bond donors (Lipinski definition) is 0. The minimum Gasteiger partial charge on any atom is -0.493 e. The molecular weight excluding hydrogens is 168 g/mol. The predicted molar refractivity (Wildman–Crippen MR) is 49.3 cm³/mol. The van der Waals surface area contributed by atoms with Crippen molar-refractivity contribution in [3.8, 4) is 11.5 Å². The quantitative estimate of drug-likeness (QED) is 0.707. The SMILES string of the molecule is COc1cc2cocc2cc1OC. The third kappa shape index (κ3) is 1.22. The van der Waals surface area contributed by atoms with Crippen LogP contribution in [0.25, 0.3) is 10.8 Å². The van der Waals surface area contributed by atoms with E-state index < -0.39 is 0 Å². The van der Waals surface area contributed by atoms with Crippen molar-refractivity contribution in [1.29, 1.82) is 0 Å². The van der Waals surface area contributed by atoms with Crippen LogP contribution >= 0.6 is 0 Å². The Morgan fingerprint density at radius 1 is 0.923 bits per heavy atom. The first-order valence-electron chi connectivity index (χ1n) is 3.93. The van der Waals surface area contributed by atoms with Crippen LogP contribution in [0.4, 0.5) is 0 Å². The van der Waals surface area contributed by atoms with Crippen LogP contribution < -0.4 is 9.47 Å². The largest absolute Gasteiger partial charge is 0.493 e. The van der Waals surface area contributed by atoms with Crippen molar-refractivity contribution < 1.29 is 13.9 Å². The molecule has 1 aromatic carbocycles. The highest BCUT2D eigenvalue weighted by Gasteiger charge is 2.06. The van der Waals surface area contributed by atoms with E-state index in [1.165, 1.54) is 0 Å². The summed E-state index contributed by atoms with van der Waals surface area (Å²) in [4.78, 5) is 0. The van der Waals surface area contributed by atoms with E-state index in [9.17, 15) is 0 Å². The molecule has 0 spiro atoms. The summed E-state index contributed by atoms with van der Waals surface area (Å²) < 4.78 is 15.3. The molecule has 13 heavy (non-hydrogen) atoms. The number of hydrogen-bond acceptors (Lipinski definition) is 3. The monoisotopic (exact) mass is 178 g/mol. The second kappa shape index (κ2) is 3.01. The molecule has 2 rings (SSSR count). The molecule has 3 nitrogen and oxygen atoms in total. The Hall–Kier alpha value is -1.64. The average Bonchev–Trinajstić information content (AvgIpc) is 2.62. The van der Waals surface area contributed by atoms with Crippen molar-refractivity contribution in [1.82, 2.24) is 0 Å². The summed E-state index contributed by atoms with van der Waals surface area (Å²) in [6.45, 7) is 0. The molecule has 1 heterocycles. The van der Waals surface area contributed by atoms with Gasteiger partial charge in [-0.3, -0.25) is 0 Å². The summed E-state index contributed by atoms with van der Waals surface area (Å²) in [5, 5.41) is 2.02. The molecule has 0 unspecified atom stereocenters. The van der Waals surface area contributed by atoms with Gasteiger partial charge in [0.15, 0.2) is 11.5 Å². The molecule has 0 fully saturated rings. The first-order chi connectivity index (χ1) is 6.35. The summed E-state index contributed by atoms with van der Waals surface area (Å²) in [6.07, 6.45) is 3.36. The molecule has 68 valence electrons. The first-order valence-corrected chi connectivity index (χ1v) is 3.93. The smallest absolute Gasteiger partial charge is 0.161 e. The van der Waals surface area contributed by atoms with Gasteiger partial charge in [0.25, 0.3) is 0 Å². The van der Waals surface area contributed by atoms with Gasteiger partial charge in [0, 0.05) is 10.8 Å². The summed E-state index contributed by atoms with van der Waals surface area (Å²) in [7, 11) is 3.23. The maximum absolute atomic E-state index is 5.15. The Kier molecular flexibility index (Phi) is 1.85. The molecule has 0 N–H and O–H groups in total. The molecule has 1 aromatic heterocycles. The third-order valence-corrected chi connectivity index (χ3v) is 1.98. The highest BCUT2D eigenvalue weighted by atomic mass is 16.5. The molecule has 3 heteroatoms. The van der Waals surface area contributed by atoms with E-state index in [1.54, 1.807) is 26.7 Å². The normalized spacial score (nSPS) is 10.3. The van der Waals surface area contributed by atoms with Gasteiger partial charge >= 0.3 is 0 Å². The molecule has 0 aliphatic rings. The van der Waals surface area contributed by atoms with Crippen LogP contribution in [0, 0.1) is 0 Å². The molecule has 0 bridgehead atoms. The van der Waals surface area contributed by atoms with E-state index in [4.69, 9.17) is 13.9 Å². The van der Waals surface area contributed by atoms with Crippen molar-refractivity contribution >= 4 is 10.8 Å². The fourth-order valence-corrected chi connectivity index (χ4v) is 1.30. The standard InChI is InChI=1S/C10H10O3/c1-11-9-3-7-5-13-6-8(7)4-10(9)12-2/h3-6H,1-2H3. The van der Waals surface area contributed by atoms with Gasteiger partial charge < -0.3 is 13.9 Å². The van der Waals surface area contributed by atoms with Gasteiger partial charge in [0.05, 0.1) is 26.7 Å². The molecule has 0 atom stereocenters. The Labute approximate surface area is 75.9 Å². The zero-order valence-electron chi connectivity index (χ0n) is 7.53. The maximum atomic E-state index is 5.15. The van der Waals surface area contributed by atoms with Gasteiger partial charge in [-0.1, -0.05) is 0 Å². The van der Waals surface area contributed by atoms with Crippen LogP contribution in [0.1, 0.15) is 0 Å².